The highest BCUT2D eigenvalue weighted by Crippen LogP contribution is 2.27. The van der Waals surface area contributed by atoms with Crippen LogP contribution in [0.4, 0.5) is 4.79 Å². The Morgan fingerprint density at radius 1 is 1.40 bits per heavy atom. The minimum Gasteiger partial charge on any atom is -0.465 e. The number of aromatic nitrogens is 3. The summed E-state index contributed by atoms with van der Waals surface area (Å²) >= 11 is 0. The first-order valence-corrected chi connectivity index (χ1v) is 5.09. The largest absolute Gasteiger partial charge is 0.465 e. The van der Waals surface area contributed by atoms with E-state index in [1.807, 2.05) is 4.68 Å². The van der Waals surface area contributed by atoms with Crippen molar-refractivity contribution in [2.45, 2.75) is 37.8 Å². The molecule has 1 saturated carbocycles. The van der Waals surface area contributed by atoms with Gasteiger partial charge in [0.2, 0.25) is 0 Å². The van der Waals surface area contributed by atoms with Crippen molar-refractivity contribution in [3.63, 3.8) is 0 Å². The number of amides is 1. The SMILES string of the molecule is O=C(O)NC1CCC(n2cncn2)CC1. The summed E-state index contributed by atoms with van der Waals surface area (Å²) in [6.45, 7) is 0. The van der Waals surface area contributed by atoms with Crippen LogP contribution in [0.1, 0.15) is 31.7 Å². The van der Waals surface area contributed by atoms with Gasteiger partial charge in [-0.15, -0.1) is 0 Å². The fourth-order valence-electron chi connectivity index (χ4n) is 2.07. The number of hydrogen-bond donors (Lipinski definition) is 2. The van der Waals surface area contributed by atoms with Crippen molar-refractivity contribution < 1.29 is 9.90 Å². The first kappa shape index (κ1) is 9.95. The molecule has 0 aliphatic heterocycles. The smallest absolute Gasteiger partial charge is 0.404 e. The zero-order chi connectivity index (χ0) is 10.7. The zero-order valence-electron chi connectivity index (χ0n) is 8.33. The van der Waals surface area contributed by atoms with Gasteiger partial charge in [-0.1, -0.05) is 0 Å². The van der Waals surface area contributed by atoms with Crippen LogP contribution in [-0.4, -0.2) is 32.0 Å². The van der Waals surface area contributed by atoms with Crippen molar-refractivity contribution >= 4 is 6.09 Å². The van der Waals surface area contributed by atoms with Crippen molar-refractivity contribution in [1.82, 2.24) is 20.1 Å². The summed E-state index contributed by atoms with van der Waals surface area (Å²) in [4.78, 5) is 14.3. The summed E-state index contributed by atoms with van der Waals surface area (Å²) < 4.78 is 1.86. The van der Waals surface area contributed by atoms with E-state index in [1.54, 1.807) is 6.33 Å². The van der Waals surface area contributed by atoms with E-state index in [-0.39, 0.29) is 6.04 Å². The van der Waals surface area contributed by atoms with Gasteiger partial charge in [0.25, 0.3) is 0 Å². The van der Waals surface area contributed by atoms with Crippen LogP contribution < -0.4 is 5.32 Å². The second-order valence-electron chi connectivity index (χ2n) is 3.83. The Bertz CT molecular complexity index is 317. The lowest BCUT2D eigenvalue weighted by molar-refractivity contribution is 0.181. The molecule has 6 nitrogen and oxygen atoms in total. The normalized spacial score (nSPS) is 26.1. The third-order valence-corrected chi connectivity index (χ3v) is 2.84. The molecule has 1 amide bonds. The Morgan fingerprint density at radius 2 is 2.13 bits per heavy atom. The number of nitrogens with zero attached hydrogens (tertiary/aromatic N) is 3. The molecule has 1 aliphatic rings. The van der Waals surface area contributed by atoms with E-state index < -0.39 is 6.09 Å². The summed E-state index contributed by atoms with van der Waals surface area (Å²) in [5.74, 6) is 0. The first-order chi connectivity index (χ1) is 7.25. The molecule has 0 aromatic carbocycles. The second-order valence-corrected chi connectivity index (χ2v) is 3.83. The lowest BCUT2D eigenvalue weighted by atomic mass is 9.91. The molecule has 0 unspecified atom stereocenters. The van der Waals surface area contributed by atoms with Gasteiger partial charge in [-0.25, -0.2) is 14.5 Å². The van der Waals surface area contributed by atoms with Crippen LogP contribution >= 0.6 is 0 Å². The summed E-state index contributed by atoms with van der Waals surface area (Å²) in [6.07, 6.45) is 5.97. The maximum atomic E-state index is 10.4. The van der Waals surface area contributed by atoms with Crippen molar-refractivity contribution in [3.8, 4) is 0 Å². The van der Waals surface area contributed by atoms with E-state index >= 15 is 0 Å². The summed E-state index contributed by atoms with van der Waals surface area (Å²) in [5.41, 5.74) is 0. The van der Waals surface area contributed by atoms with Crippen LogP contribution in [-0.2, 0) is 0 Å². The number of carbonyl (C=O) groups is 1. The molecule has 1 aliphatic carbocycles. The number of hydrogen-bond acceptors (Lipinski definition) is 3. The topological polar surface area (TPSA) is 80.0 Å². The summed E-state index contributed by atoms with van der Waals surface area (Å²) in [5, 5.41) is 15.2. The first-order valence-electron chi connectivity index (χ1n) is 5.09. The highest BCUT2D eigenvalue weighted by Gasteiger charge is 2.23. The van der Waals surface area contributed by atoms with E-state index in [0.29, 0.717) is 6.04 Å². The van der Waals surface area contributed by atoms with Crippen molar-refractivity contribution in [1.29, 1.82) is 0 Å². The van der Waals surface area contributed by atoms with Gasteiger partial charge in [0.05, 0.1) is 6.04 Å². The Labute approximate surface area is 87.3 Å². The third kappa shape index (κ3) is 2.45. The average molecular weight is 210 g/mol. The molecule has 2 rings (SSSR count). The average Bonchev–Trinajstić information content (AvgIpc) is 2.71. The molecule has 1 aromatic rings. The van der Waals surface area contributed by atoms with Gasteiger partial charge in [0.15, 0.2) is 0 Å². The molecule has 2 N–H and O–H groups in total. The van der Waals surface area contributed by atoms with Gasteiger partial charge in [0, 0.05) is 6.04 Å². The van der Waals surface area contributed by atoms with E-state index in [4.69, 9.17) is 5.11 Å². The van der Waals surface area contributed by atoms with E-state index in [9.17, 15) is 4.79 Å². The maximum absolute atomic E-state index is 10.4. The predicted molar refractivity (Wildman–Crippen MR) is 52.5 cm³/mol. The number of rotatable bonds is 2. The monoisotopic (exact) mass is 210 g/mol. The molecular weight excluding hydrogens is 196 g/mol. The van der Waals surface area contributed by atoms with Crippen molar-refractivity contribution in [3.05, 3.63) is 12.7 Å². The summed E-state index contributed by atoms with van der Waals surface area (Å²) in [6, 6.07) is 0.474. The maximum Gasteiger partial charge on any atom is 0.404 e. The fraction of sp³-hybridized carbons (Fsp3) is 0.667. The molecule has 0 radical (unpaired) electrons. The Balaban J connectivity index is 1.84. The van der Waals surface area contributed by atoms with Gasteiger partial charge in [-0.2, -0.15) is 5.10 Å². The molecule has 1 fully saturated rings. The highest BCUT2D eigenvalue weighted by molar-refractivity contribution is 5.64. The molecule has 82 valence electrons. The molecule has 0 saturated heterocycles. The molecule has 0 atom stereocenters. The number of carboxylic acid groups (broad SMARTS) is 1. The molecular formula is C9H14N4O2. The van der Waals surface area contributed by atoms with Crippen LogP contribution in [0.3, 0.4) is 0 Å². The molecule has 1 heterocycles. The van der Waals surface area contributed by atoms with E-state index in [2.05, 4.69) is 15.4 Å². The van der Waals surface area contributed by atoms with Gasteiger partial charge in [-0.3, -0.25) is 0 Å². The molecule has 1 aromatic heterocycles. The van der Waals surface area contributed by atoms with Crippen LogP contribution in [0.25, 0.3) is 0 Å². The Hall–Kier alpha value is -1.59. The van der Waals surface area contributed by atoms with Crippen LogP contribution in [0.5, 0.6) is 0 Å². The lowest BCUT2D eigenvalue weighted by Gasteiger charge is -2.28. The quantitative estimate of drug-likeness (QED) is 0.764. The van der Waals surface area contributed by atoms with Crippen molar-refractivity contribution in [2.75, 3.05) is 0 Å². The van der Waals surface area contributed by atoms with Gasteiger partial charge in [-0.05, 0) is 25.7 Å². The van der Waals surface area contributed by atoms with E-state index in [1.165, 1.54) is 6.33 Å². The van der Waals surface area contributed by atoms with Crippen LogP contribution in [0.2, 0.25) is 0 Å². The minimum atomic E-state index is -0.931. The lowest BCUT2D eigenvalue weighted by Crippen LogP contribution is -2.37. The molecule has 0 spiro atoms. The second kappa shape index (κ2) is 4.29. The standard InChI is InChI=1S/C9H14N4O2/c14-9(15)12-7-1-3-8(4-2-7)13-6-10-5-11-13/h5-8,12H,1-4H2,(H,14,15). The van der Waals surface area contributed by atoms with Crippen molar-refractivity contribution in [2.24, 2.45) is 0 Å². The minimum absolute atomic E-state index is 0.0993. The van der Waals surface area contributed by atoms with Crippen LogP contribution in [0.15, 0.2) is 12.7 Å². The zero-order valence-corrected chi connectivity index (χ0v) is 8.33. The van der Waals surface area contributed by atoms with E-state index in [0.717, 1.165) is 25.7 Å². The fourth-order valence-corrected chi connectivity index (χ4v) is 2.07. The van der Waals surface area contributed by atoms with Gasteiger partial charge in [0.1, 0.15) is 12.7 Å². The highest BCUT2D eigenvalue weighted by atomic mass is 16.4. The summed E-state index contributed by atoms with van der Waals surface area (Å²) in [7, 11) is 0. The molecule has 0 bridgehead atoms. The Morgan fingerprint density at radius 3 is 2.67 bits per heavy atom. The van der Waals surface area contributed by atoms with Crippen LogP contribution in [0, 0.1) is 0 Å². The number of nitrogens with one attached hydrogen (secondary N) is 1. The molecule has 15 heavy (non-hydrogen) atoms. The molecule has 6 heteroatoms. The van der Waals surface area contributed by atoms with Gasteiger partial charge >= 0.3 is 6.09 Å². The predicted octanol–water partition coefficient (Wildman–Crippen LogP) is 1.03. The van der Waals surface area contributed by atoms with Gasteiger partial charge < -0.3 is 10.4 Å². The Kier molecular flexibility index (Phi) is 2.84. The third-order valence-electron chi connectivity index (χ3n) is 2.84.